The first-order valence-corrected chi connectivity index (χ1v) is 7.70. The predicted molar refractivity (Wildman–Crippen MR) is 88.1 cm³/mol. The predicted octanol–water partition coefficient (Wildman–Crippen LogP) is 2.39. The molecule has 2 rings (SSSR count). The van der Waals surface area contributed by atoms with E-state index < -0.39 is 5.97 Å². The monoisotopic (exact) mass is 362 g/mol. The van der Waals surface area contributed by atoms with Crippen molar-refractivity contribution in [2.24, 2.45) is 5.73 Å². The summed E-state index contributed by atoms with van der Waals surface area (Å²) in [5, 5.41) is 5.26. The fourth-order valence-electron chi connectivity index (χ4n) is 1.50. The Balaban J connectivity index is 0.00000242. The Hall–Kier alpha value is -1.55. The number of methoxy groups -OCH3 is 1. The van der Waals surface area contributed by atoms with Crippen molar-refractivity contribution in [1.82, 2.24) is 9.97 Å². The highest BCUT2D eigenvalue weighted by Crippen LogP contribution is 2.23. The van der Waals surface area contributed by atoms with E-state index in [1.807, 2.05) is 0 Å². The number of anilines is 1. The van der Waals surface area contributed by atoms with Gasteiger partial charge < -0.3 is 10.5 Å². The van der Waals surface area contributed by atoms with Gasteiger partial charge in [0, 0.05) is 10.3 Å². The number of rotatable bonds is 4. The molecular weight excluding hydrogens is 348 g/mol. The van der Waals surface area contributed by atoms with E-state index in [1.54, 1.807) is 19.2 Å². The number of aryl methyl sites for hydroxylation is 1. The van der Waals surface area contributed by atoms with E-state index in [0.717, 1.165) is 0 Å². The third kappa shape index (κ3) is 4.01. The van der Waals surface area contributed by atoms with Gasteiger partial charge in [0.1, 0.15) is 10.7 Å². The van der Waals surface area contributed by atoms with Crippen LogP contribution < -0.4 is 11.1 Å². The Kier molecular flexibility index (Phi) is 6.42. The van der Waals surface area contributed by atoms with Crippen LogP contribution in [-0.4, -0.2) is 29.0 Å². The molecule has 10 heteroatoms. The van der Waals surface area contributed by atoms with Crippen LogP contribution in [-0.2, 0) is 4.74 Å². The largest absolute Gasteiger partial charge is 0.464 e. The minimum Gasteiger partial charge on any atom is -0.464 e. The molecule has 0 saturated carbocycles. The minimum absolute atomic E-state index is 0. The molecule has 0 bridgehead atoms. The molecule has 0 aromatic carbocycles. The molecule has 7 nitrogen and oxygen atoms in total. The number of nitrogens with one attached hydrogen (secondary N) is 1. The second kappa shape index (κ2) is 7.63. The van der Waals surface area contributed by atoms with Crippen molar-refractivity contribution in [3.05, 3.63) is 26.7 Å². The highest BCUT2D eigenvalue weighted by molar-refractivity contribution is 7.16. The molecule has 0 fully saturated rings. The second-order valence-corrected chi connectivity index (χ2v) is 6.32. The summed E-state index contributed by atoms with van der Waals surface area (Å²) in [4.78, 5) is 32.4. The van der Waals surface area contributed by atoms with Crippen LogP contribution in [0.5, 0.6) is 0 Å². The number of hydrogen-bond acceptors (Lipinski definition) is 8. The number of nitrogens with two attached hydrogens (primary N) is 1. The summed E-state index contributed by atoms with van der Waals surface area (Å²) in [7, 11) is 1.28. The number of nitrogens with zero attached hydrogens (tertiary/aromatic N) is 2. The highest BCUT2D eigenvalue weighted by atomic mass is 35.5. The van der Waals surface area contributed by atoms with Gasteiger partial charge in [-0.3, -0.25) is 10.1 Å². The molecule has 22 heavy (non-hydrogen) atoms. The number of thiazole rings is 2. The number of aromatic nitrogens is 2. The van der Waals surface area contributed by atoms with Gasteiger partial charge in [-0.1, -0.05) is 0 Å². The maximum Gasteiger partial charge on any atom is 0.357 e. The van der Waals surface area contributed by atoms with Crippen molar-refractivity contribution in [3.8, 4) is 0 Å². The van der Waals surface area contributed by atoms with Crippen LogP contribution >= 0.6 is 35.1 Å². The van der Waals surface area contributed by atoms with Gasteiger partial charge in [-0.25, -0.2) is 14.8 Å². The van der Waals surface area contributed by atoms with E-state index in [-0.39, 0.29) is 35.7 Å². The van der Waals surface area contributed by atoms with Crippen LogP contribution in [0.1, 0.15) is 43.8 Å². The van der Waals surface area contributed by atoms with E-state index in [4.69, 9.17) is 5.73 Å². The third-order valence-electron chi connectivity index (χ3n) is 2.54. The normalized spacial score (nSPS) is 11.5. The number of carbonyl (C=O) groups is 2. The van der Waals surface area contributed by atoms with Crippen molar-refractivity contribution >= 4 is 52.1 Å². The quantitative estimate of drug-likeness (QED) is 0.808. The lowest BCUT2D eigenvalue weighted by atomic mass is 10.4. The van der Waals surface area contributed by atoms with Crippen molar-refractivity contribution in [2.75, 3.05) is 12.4 Å². The number of amides is 1. The van der Waals surface area contributed by atoms with Gasteiger partial charge in [0.15, 0.2) is 10.8 Å². The third-order valence-corrected chi connectivity index (χ3v) is 4.47. The SMILES string of the molecule is COC(=O)c1nc(NC(=O)c2csc(C(C)N)n2)sc1C.Cl. The zero-order valence-electron chi connectivity index (χ0n) is 12.1. The average molecular weight is 363 g/mol. The molecule has 0 aliphatic heterocycles. The van der Waals surface area contributed by atoms with E-state index in [0.29, 0.717) is 15.0 Å². The number of halogens is 1. The lowest BCUT2D eigenvalue weighted by Gasteiger charge is -1.99. The summed E-state index contributed by atoms with van der Waals surface area (Å²) in [6.07, 6.45) is 0. The molecule has 1 amide bonds. The lowest BCUT2D eigenvalue weighted by Crippen LogP contribution is -2.13. The van der Waals surface area contributed by atoms with E-state index in [2.05, 4.69) is 20.0 Å². The second-order valence-electron chi connectivity index (χ2n) is 4.23. The standard InChI is InChI=1S/C12H14N4O3S2.ClH/c1-5(13)10-14-7(4-20-10)9(17)16-12-15-8(6(2)21-12)11(18)19-3;/h4-5H,13H2,1-3H3,(H,15,16,17);1H. The molecule has 0 saturated heterocycles. The number of carbonyl (C=O) groups excluding carboxylic acids is 2. The fraction of sp³-hybridized carbons (Fsp3) is 0.333. The number of ether oxygens (including phenoxy) is 1. The molecule has 0 spiro atoms. The molecule has 0 aliphatic rings. The van der Waals surface area contributed by atoms with Gasteiger partial charge in [-0.15, -0.1) is 35.1 Å². The van der Waals surface area contributed by atoms with Gasteiger partial charge >= 0.3 is 5.97 Å². The van der Waals surface area contributed by atoms with Crippen LogP contribution in [0.4, 0.5) is 5.13 Å². The Morgan fingerprint density at radius 3 is 2.64 bits per heavy atom. The summed E-state index contributed by atoms with van der Waals surface area (Å²) in [6.45, 7) is 3.53. The van der Waals surface area contributed by atoms with Gasteiger partial charge in [0.05, 0.1) is 13.2 Å². The average Bonchev–Trinajstić information content (AvgIpc) is 3.05. The topological polar surface area (TPSA) is 107 Å². The summed E-state index contributed by atoms with van der Waals surface area (Å²) in [5.41, 5.74) is 6.18. The summed E-state index contributed by atoms with van der Waals surface area (Å²) < 4.78 is 4.62. The molecule has 1 unspecified atom stereocenters. The maximum absolute atomic E-state index is 12.1. The Labute approximate surface area is 141 Å². The van der Waals surface area contributed by atoms with Gasteiger partial charge in [-0.2, -0.15) is 0 Å². The molecule has 120 valence electrons. The van der Waals surface area contributed by atoms with Crippen molar-refractivity contribution < 1.29 is 14.3 Å². The van der Waals surface area contributed by atoms with Crippen molar-refractivity contribution in [1.29, 1.82) is 0 Å². The van der Waals surface area contributed by atoms with Crippen LogP contribution in [0.15, 0.2) is 5.38 Å². The number of hydrogen-bond donors (Lipinski definition) is 2. The van der Waals surface area contributed by atoms with Gasteiger partial charge in [-0.05, 0) is 13.8 Å². The first-order valence-electron chi connectivity index (χ1n) is 6.00. The van der Waals surface area contributed by atoms with Crippen molar-refractivity contribution in [2.45, 2.75) is 19.9 Å². The molecular formula is C12H15ClN4O3S2. The van der Waals surface area contributed by atoms with Gasteiger partial charge in [0.25, 0.3) is 5.91 Å². The van der Waals surface area contributed by atoms with Crippen LogP contribution in [0.25, 0.3) is 0 Å². The molecule has 2 aromatic heterocycles. The molecule has 3 N–H and O–H groups in total. The first kappa shape index (κ1) is 18.5. The lowest BCUT2D eigenvalue weighted by molar-refractivity contribution is 0.0594. The zero-order valence-corrected chi connectivity index (χ0v) is 14.5. The van der Waals surface area contributed by atoms with Crippen molar-refractivity contribution in [3.63, 3.8) is 0 Å². The van der Waals surface area contributed by atoms with E-state index in [1.165, 1.54) is 29.8 Å². The molecule has 0 aliphatic carbocycles. The summed E-state index contributed by atoms with van der Waals surface area (Å²) in [5.74, 6) is -0.916. The smallest absolute Gasteiger partial charge is 0.357 e. The molecule has 0 radical (unpaired) electrons. The molecule has 2 aromatic rings. The van der Waals surface area contributed by atoms with Crippen LogP contribution in [0.3, 0.4) is 0 Å². The Morgan fingerprint density at radius 1 is 1.41 bits per heavy atom. The Morgan fingerprint density at radius 2 is 2.09 bits per heavy atom. The van der Waals surface area contributed by atoms with Gasteiger partial charge in [0.2, 0.25) is 0 Å². The zero-order chi connectivity index (χ0) is 15.6. The highest BCUT2D eigenvalue weighted by Gasteiger charge is 2.19. The van der Waals surface area contributed by atoms with E-state index in [9.17, 15) is 9.59 Å². The summed E-state index contributed by atoms with van der Waals surface area (Å²) in [6, 6.07) is -0.218. The molecule has 2 heterocycles. The van der Waals surface area contributed by atoms with E-state index >= 15 is 0 Å². The summed E-state index contributed by atoms with van der Waals surface area (Å²) >= 11 is 2.53. The maximum atomic E-state index is 12.1. The fourth-order valence-corrected chi connectivity index (χ4v) is 3.05. The minimum atomic E-state index is -0.530. The molecule has 1 atom stereocenters. The Bertz CT molecular complexity index is 684. The number of esters is 1. The van der Waals surface area contributed by atoms with Crippen LogP contribution in [0, 0.1) is 6.92 Å². The van der Waals surface area contributed by atoms with Crippen LogP contribution in [0.2, 0.25) is 0 Å². The first-order chi connectivity index (χ1) is 9.92.